The molecule has 5 rings (SSSR count). The number of likely N-dealkylation sites (tertiary alicyclic amines) is 1. The first-order valence-electron chi connectivity index (χ1n) is 9.19. The van der Waals surface area contributed by atoms with Gasteiger partial charge in [0.05, 0.1) is 12.2 Å². The number of halogens is 1. The second kappa shape index (κ2) is 6.02. The molecule has 4 heterocycles. The van der Waals surface area contributed by atoms with Gasteiger partial charge in [-0.2, -0.15) is 0 Å². The zero-order chi connectivity index (χ0) is 18.6. The minimum absolute atomic E-state index is 0.0550. The normalized spacial score (nSPS) is 19.9. The van der Waals surface area contributed by atoms with Crippen LogP contribution in [0.1, 0.15) is 5.56 Å². The molecular weight excluding hydrogens is 364 g/mol. The van der Waals surface area contributed by atoms with E-state index in [2.05, 4.69) is 22.0 Å². The van der Waals surface area contributed by atoms with Gasteiger partial charge >= 0.3 is 6.03 Å². The van der Waals surface area contributed by atoms with Gasteiger partial charge in [0.15, 0.2) is 0 Å². The van der Waals surface area contributed by atoms with Crippen molar-refractivity contribution in [2.75, 3.05) is 49.1 Å². The topological polar surface area (TPSA) is 48.9 Å². The lowest BCUT2D eigenvalue weighted by atomic mass is 9.73. The SMILES string of the molecule is Cc1ccc(N2CC3(CN(C(=O)N4CCOc5cc(Cl)ccc54)C3)C2)nc1. The zero-order valence-corrected chi connectivity index (χ0v) is 15.9. The number of ether oxygens (including phenoxy) is 1. The summed E-state index contributed by atoms with van der Waals surface area (Å²) >= 11 is 6.04. The number of anilines is 2. The Bertz CT molecular complexity index is 887. The predicted octanol–water partition coefficient (Wildman–Crippen LogP) is 3.18. The zero-order valence-electron chi connectivity index (χ0n) is 15.2. The van der Waals surface area contributed by atoms with Crippen LogP contribution in [-0.2, 0) is 0 Å². The van der Waals surface area contributed by atoms with E-state index in [1.165, 1.54) is 5.56 Å². The Labute approximate surface area is 163 Å². The summed E-state index contributed by atoms with van der Waals surface area (Å²) in [5, 5.41) is 0.616. The van der Waals surface area contributed by atoms with E-state index in [0.717, 1.165) is 37.7 Å². The first-order valence-corrected chi connectivity index (χ1v) is 9.57. The van der Waals surface area contributed by atoms with Crippen LogP contribution in [0.5, 0.6) is 5.75 Å². The Balaban J connectivity index is 1.22. The van der Waals surface area contributed by atoms with Crippen molar-refractivity contribution in [1.82, 2.24) is 9.88 Å². The summed E-state index contributed by atoms with van der Waals surface area (Å²) in [6.45, 7) is 6.62. The highest BCUT2D eigenvalue weighted by Crippen LogP contribution is 2.43. The van der Waals surface area contributed by atoms with Gasteiger partial charge in [-0.25, -0.2) is 9.78 Å². The highest BCUT2D eigenvalue weighted by atomic mass is 35.5. The van der Waals surface area contributed by atoms with Crippen LogP contribution in [0.2, 0.25) is 5.02 Å². The van der Waals surface area contributed by atoms with Gasteiger partial charge < -0.3 is 14.5 Å². The molecule has 0 saturated carbocycles. The van der Waals surface area contributed by atoms with Crippen LogP contribution in [0.15, 0.2) is 36.5 Å². The van der Waals surface area contributed by atoms with Gasteiger partial charge in [-0.15, -0.1) is 0 Å². The van der Waals surface area contributed by atoms with Crippen LogP contribution in [-0.4, -0.2) is 55.2 Å². The maximum atomic E-state index is 13.0. The van der Waals surface area contributed by atoms with Crippen LogP contribution in [0.3, 0.4) is 0 Å². The molecule has 2 saturated heterocycles. The average molecular weight is 385 g/mol. The van der Waals surface area contributed by atoms with Crippen LogP contribution in [0.4, 0.5) is 16.3 Å². The van der Waals surface area contributed by atoms with E-state index in [4.69, 9.17) is 16.3 Å². The molecule has 0 bridgehead atoms. The second-order valence-electron chi connectivity index (χ2n) is 7.80. The lowest BCUT2D eigenvalue weighted by Gasteiger charge is -2.60. The number of hydrogen-bond acceptors (Lipinski definition) is 4. The maximum Gasteiger partial charge on any atom is 0.324 e. The first kappa shape index (κ1) is 16.7. The van der Waals surface area contributed by atoms with E-state index in [1.807, 2.05) is 24.1 Å². The number of carbonyl (C=O) groups excluding carboxylic acids is 1. The van der Waals surface area contributed by atoms with Crippen LogP contribution < -0.4 is 14.5 Å². The van der Waals surface area contributed by atoms with Crippen molar-refractivity contribution in [3.63, 3.8) is 0 Å². The molecule has 140 valence electrons. The summed E-state index contributed by atoms with van der Waals surface area (Å²) in [6.07, 6.45) is 1.90. The summed E-state index contributed by atoms with van der Waals surface area (Å²) in [4.78, 5) is 23.5. The standard InChI is InChI=1S/C20H21ClN4O2/c1-14-2-5-18(22-9-14)23-10-20(11-23)12-24(13-20)19(26)25-6-7-27-17-8-15(21)3-4-16(17)25/h2-5,8-9H,6-7,10-13H2,1H3. The van der Waals surface area contributed by atoms with E-state index in [-0.39, 0.29) is 11.4 Å². The van der Waals surface area contributed by atoms with Crippen LogP contribution in [0.25, 0.3) is 0 Å². The molecule has 6 nitrogen and oxygen atoms in total. The molecule has 7 heteroatoms. The van der Waals surface area contributed by atoms with E-state index < -0.39 is 0 Å². The van der Waals surface area contributed by atoms with Gasteiger partial charge in [0, 0.05) is 48.9 Å². The number of hydrogen-bond donors (Lipinski definition) is 0. The minimum Gasteiger partial charge on any atom is -0.489 e. The molecule has 1 aromatic heterocycles. The number of pyridine rings is 1. The molecule has 27 heavy (non-hydrogen) atoms. The Morgan fingerprint density at radius 1 is 1.19 bits per heavy atom. The van der Waals surface area contributed by atoms with Crippen molar-refractivity contribution in [3.8, 4) is 5.75 Å². The Hall–Kier alpha value is -2.47. The number of aryl methyl sites for hydroxylation is 1. The third-order valence-corrected chi connectivity index (χ3v) is 5.85. The molecule has 2 amide bonds. The third kappa shape index (κ3) is 2.79. The first-order chi connectivity index (χ1) is 13.0. The van der Waals surface area contributed by atoms with E-state index in [1.54, 1.807) is 17.0 Å². The van der Waals surface area contributed by atoms with Crippen molar-refractivity contribution < 1.29 is 9.53 Å². The third-order valence-electron chi connectivity index (χ3n) is 5.61. The Kier molecular flexibility index (Phi) is 3.72. The summed E-state index contributed by atoms with van der Waals surface area (Å²) in [7, 11) is 0. The minimum atomic E-state index is 0.0550. The van der Waals surface area contributed by atoms with Gasteiger partial charge in [-0.1, -0.05) is 17.7 Å². The van der Waals surface area contributed by atoms with E-state index >= 15 is 0 Å². The molecule has 3 aliphatic rings. The molecular formula is C20H21ClN4O2. The van der Waals surface area contributed by atoms with Gasteiger partial charge in [0.2, 0.25) is 0 Å². The Morgan fingerprint density at radius 2 is 2.00 bits per heavy atom. The molecule has 3 aliphatic heterocycles. The fourth-order valence-corrected chi connectivity index (χ4v) is 4.40. The number of urea groups is 1. The van der Waals surface area contributed by atoms with Crippen LogP contribution >= 0.6 is 11.6 Å². The van der Waals surface area contributed by atoms with Gasteiger partial charge in [-0.05, 0) is 30.7 Å². The molecule has 0 aliphatic carbocycles. The number of aromatic nitrogens is 1. The Morgan fingerprint density at radius 3 is 2.74 bits per heavy atom. The summed E-state index contributed by atoms with van der Waals surface area (Å²) in [6, 6.07) is 9.64. The maximum absolute atomic E-state index is 13.0. The molecule has 0 atom stereocenters. The fourth-order valence-electron chi connectivity index (χ4n) is 4.23. The van der Waals surface area contributed by atoms with E-state index in [0.29, 0.717) is 23.9 Å². The summed E-state index contributed by atoms with van der Waals surface area (Å²) in [5.41, 5.74) is 2.19. The van der Waals surface area contributed by atoms with Crippen molar-refractivity contribution in [3.05, 3.63) is 47.1 Å². The molecule has 2 aromatic rings. The number of carbonyl (C=O) groups is 1. The number of benzene rings is 1. The predicted molar refractivity (Wildman–Crippen MR) is 105 cm³/mol. The number of nitrogens with zero attached hydrogens (tertiary/aromatic N) is 4. The second-order valence-corrected chi connectivity index (χ2v) is 8.24. The van der Waals surface area contributed by atoms with Crippen LogP contribution in [0, 0.1) is 12.3 Å². The number of fused-ring (bicyclic) bond motifs is 1. The van der Waals surface area contributed by atoms with Gasteiger partial charge in [0.1, 0.15) is 18.2 Å². The largest absolute Gasteiger partial charge is 0.489 e. The average Bonchev–Trinajstić information content (AvgIpc) is 2.59. The van der Waals surface area contributed by atoms with Gasteiger partial charge in [0.25, 0.3) is 0 Å². The smallest absolute Gasteiger partial charge is 0.324 e. The highest BCUT2D eigenvalue weighted by molar-refractivity contribution is 6.30. The highest BCUT2D eigenvalue weighted by Gasteiger charge is 2.54. The number of rotatable bonds is 1. The quantitative estimate of drug-likeness (QED) is 0.757. The molecule has 2 fully saturated rings. The van der Waals surface area contributed by atoms with E-state index in [9.17, 15) is 4.79 Å². The van der Waals surface area contributed by atoms with Crippen molar-refractivity contribution >= 4 is 29.1 Å². The lowest BCUT2D eigenvalue weighted by molar-refractivity contribution is 0.00929. The van der Waals surface area contributed by atoms with Gasteiger partial charge in [-0.3, -0.25) is 4.90 Å². The lowest BCUT2D eigenvalue weighted by Crippen LogP contribution is -2.74. The summed E-state index contributed by atoms with van der Waals surface area (Å²) in [5.74, 6) is 1.70. The summed E-state index contributed by atoms with van der Waals surface area (Å²) < 4.78 is 5.65. The molecule has 0 radical (unpaired) electrons. The monoisotopic (exact) mass is 384 g/mol. The molecule has 0 unspecified atom stereocenters. The molecule has 0 N–H and O–H groups in total. The fraction of sp³-hybridized carbons (Fsp3) is 0.400. The molecule has 1 aromatic carbocycles. The van der Waals surface area contributed by atoms with Crippen molar-refractivity contribution in [2.45, 2.75) is 6.92 Å². The van der Waals surface area contributed by atoms with Crippen molar-refractivity contribution in [1.29, 1.82) is 0 Å². The number of amides is 2. The molecule has 1 spiro atoms. The van der Waals surface area contributed by atoms with Crippen molar-refractivity contribution in [2.24, 2.45) is 5.41 Å².